The molecule has 0 unspecified atom stereocenters. The minimum Gasteiger partial charge on any atom is -0.481 e. The fourth-order valence-corrected chi connectivity index (χ4v) is 1.29. The van der Waals surface area contributed by atoms with E-state index in [0.717, 1.165) is 19.3 Å². The van der Waals surface area contributed by atoms with Gasteiger partial charge >= 0.3 is 5.97 Å². The molecule has 2 N–H and O–H groups in total. The molecule has 0 radical (unpaired) electrons. The first-order chi connectivity index (χ1) is 6.63. The number of carboxylic acid groups (broad SMARTS) is 1. The molecule has 0 aromatic rings. The monoisotopic (exact) mass is 200 g/mol. The van der Waals surface area contributed by atoms with Gasteiger partial charge < -0.3 is 10.2 Å². The van der Waals surface area contributed by atoms with Gasteiger partial charge in [0.05, 0.1) is 12.0 Å². The van der Waals surface area contributed by atoms with Gasteiger partial charge in [0.25, 0.3) is 0 Å². The van der Waals surface area contributed by atoms with Crippen LogP contribution in [-0.2, 0) is 4.79 Å². The summed E-state index contributed by atoms with van der Waals surface area (Å²) in [5.74, 6) is -1.58. The lowest BCUT2D eigenvalue weighted by atomic mass is 9.97. The first kappa shape index (κ1) is 13.2. The minimum atomic E-state index is -0.916. The molecular formula is C11H20O3. The van der Waals surface area contributed by atoms with Crippen LogP contribution in [0.3, 0.4) is 0 Å². The summed E-state index contributed by atoms with van der Waals surface area (Å²) < 4.78 is 0. The lowest BCUT2D eigenvalue weighted by Gasteiger charge is -2.14. The summed E-state index contributed by atoms with van der Waals surface area (Å²) in [6, 6.07) is 0. The highest BCUT2D eigenvalue weighted by Gasteiger charge is 2.22. The van der Waals surface area contributed by atoms with Crippen molar-refractivity contribution in [1.29, 1.82) is 0 Å². The highest BCUT2D eigenvalue weighted by Crippen LogP contribution is 2.13. The quantitative estimate of drug-likeness (QED) is 0.619. The Kier molecular flexibility index (Phi) is 7.11. The van der Waals surface area contributed by atoms with Crippen LogP contribution in [0.15, 0.2) is 12.2 Å². The van der Waals surface area contributed by atoms with E-state index >= 15 is 0 Å². The minimum absolute atomic E-state index is 0.521. The van der Waals surface area contributed by atoms with Crippen molar-refractivity contribution in [3.05, 3.63) is 12.2 Å². The summed E-state index contributed by atoms with van der Waals surface area (Å²) in [5.41, 5.74) is 0. The van der Waals surface area contributed by atoms with E-state index in [-0.39, 0.29) is 0 Å². The Labute approximate surface area is 85.4 Å². The smallest absolute Gasteiger partial charge is 0.309 e. The lowest BCUT2D eigenvalue weighted by Crippen LogP contribution is -2.26. The average Bonchev–Trinajstić information content (AvgIpc) is 2.13. The summed E-state index contributed by atoms with van der Waals surface area (Å²) in [4.78, 5) is 10.8. The molecule has 82 valence electrons. The molecular weight excluding hydrogens is 180 g/mol. The maximum absolute atomic E-state index is 10.8. The number of aliphatic hydroxyl groups is 1. The van der Waals surface area contributed by atoms with Crippen LogP contribution in [0.25, 0.3) is 0 Å². The first-order valence-electron chi connectivity index (χ1n) is 5.21. The summed E-state index contributed by atoms with van der Waals surface area (Å²) in [6.07, 6.45) is 5.78. The van der Waals surface area contributed by atoms with E-state index < -0.39 is 18.0 Å². The van der Waals surface area contributed by atoms with E-state index in [9.17, 15) is 9.90 Å². The van der Waals surface area contributed by atoms with E-state index in [1.54, 1.807) is 6.08 Å². The molecule has 0 aromatic carbocycles. The number of aliphatic hydroxyl groups excluding tert-OH is 1. The largest absolute Gasteiger partial charge is 0.481 e. The number of allylic oxidation sites excluding steroid dienone is 1. The van der Waals surface area contributed by atoms with Gasteiger partial charge in [-0.05, 0) is 12.8 Å². The van der Waals surface area contributed by atoms with E-state index in [1.807, 2.05) is 19.9 Å². The molecule has 14 heavy (non-hydrogen) atoms. The average molecular weight is 200 g/mol. The maximum Gasteiger partial charge on any atom is 0.309 e. The summed E-state index contributed by atoms with van der Waals surface area (Å²) in [7, 11) is 0. The van der Waals surface area contributed by atoms with Crippen molar-refractivity contribution in [1.82, 2.24) is 0 Å². The molecule has 0 aliphatic rings. The van der Waals surface area contributed by atoms with Crippen molar-refractivity contribution in [2.45, 2.75) is 45.6 Å². The van der Waals surface area contributed by atoms with Gasteiger partial charge in [0.1, 0.15) is 0 Å². The molecule has 0 rings (SSSR count). The maximum atomic E-state index is 10.8. The molecule has 0 spiro atoms. The van der Waals surface area contributed by atoms with Gasteiger partial charge in [-0.15, -0.1) is 0 Å². The molecule has 0 aliphatic carbocycles. The van der Waals surface area contributed by atoms with Gasteiger partial charge in [-0.2, -0.15) is 0 Å². The third kappa shape index (κ3) is 5.02. The second-order valence-corrected chi connectivity index (χ2v) is 3.44. The van der Waals surface area contributed by atoms with Crippen LogP contribution in [0.1, 0.15) is 39.5 Å². The Morgan fingerprint density at radius 3 is 2.43 bits per heavy atom. The number of hydrogen-bond donors (Lipinski definition) is 2. The van der Waals surface area contributed by atoms with E-state index in [1.165, 1.54) is 0 Å². The summed E-state index contributed by atoms with van der Waals surface area (Å²) in [5, 5.41) is 18.4. The standard InChI is InChI=1S/C11H20O3/c1-3-5-6-8-10(12)9(7-4-2)11(13)14/h6,8-10,12H,3-5,7H2,1-2H3,(H,13,14)/b8-6+/t9-,10-/m0/s1. The van der Waals surface area contributed by atoms with Crippen molar-refractivity contribution in [2.75, 3.05) is 0 Å². The van der Waals surface area contributed by atoms with Gasteiger partial charge in [-0.3, -0.25) is 4.79 Å². The molecule has 0 aliphatic heterocycles. The van der Waals surface area contributed by atoms with Gasteiger partial charge in [0.15, 0.2) is 0 Å². The van der Waals surface area contributed by atoms with E-state index in [4.69, 9.17) is 5.11 Å². The third-order valence-electron chi connectivity index (χ3n) is 2.12. The van der Waals surface area contributed by atoms with E-state index in [2.05, 4.69) is 0 Å². The van der Waals surface area contributed by atoms with Gasteiger partial charge in [-0.1, -0.05) is 38.8 Å². The second-order valence-electron chi connectivity index (χ2n) is 3.44. The van der Waals surface area contributed by atoms with E-state index in [0.29, 0.717) is 6.42 Å². The highest BCUT2D eigenvalue weighted by atomic mass is 16.4. The molecule has 0 saturated heterocycles. The fraction of sp³-hybridized carbons (Fsp3) is 0.727. The Hall–Kier alpha value is -0.830. The number of hydrogen-bond acceptors (Lipinski definition) is 2. The second kappa shape index (κ2) is 7.56. The Morgan fingerprint density at radius 1 is 1.36 bits per heavy atom. The van der Waals surface area contributed by atoms with Gasteiger partial charge in [0, 0.05) is 0 Å². The number of carbonyl (C=O) groups is 1. The zero-order valence-corrected chi connectivity index (χ0v) is 8.94. The number of carboxylic acids is 1. The Morgan fingerprint density at radius 2 is 2.00 bits per heavy atom. The molecule has 0 aromatic heterocycles. The zero-order valence-electron chi connectivity index (χ0n) is 8.94. The highest BCUT2D eigenvalue weighted by molar-refractivity contribution is 5.71. The van der Waals surface area contributed by atoms with Crippen LogP contribution in [0.2, 0.25) is 0 Å². The van der Waals surface area contributed by atoms with Gasteiger partial charge in [0.2, 0.25) is 0 Å². The van der Waals surface area contributed by atoms with Crippen LogP contribution >= 0.6 is 0 Å². The number of rotatable bonds is 7. The SMILES string of the molecule is CCC/C=C/[C@H](O)[C@H](CCC)C(=O)O. The fourth-order valence-electron chi connectivity index (χ4n) is 1.29. The predicted octanol–water partition coefficient (Wildman–Crippen LogP) is 2.20. The number of aliphatic carboxylic acids is 1. The molecule has 2 atom stereocenters. The van der Waals surface area contributed by atoms with Crippen LogP contribution in [0, 0.1) is 5.92 Å². The molecule has 0 fully saturated rings. The molecule has 0 saturated carbocycles. The normalized spacial score (nSPS) is 15.6. The molecule has 3 nitrogen and oxygen atoms in total. The van der Waals surface area contributed by atoms with Crippen LogP contribution in [0.5, 0.6) is 0 Å². The van der Waals surface area contributed by atoms with Crippen molar-refractivity contribution in [3.8, 4) is 0 Å². The van der Waals surface area contributed by atoms with Crippen LogP contribution in [-0.4, -0.2) is 22.3 Å². The van der Waals surface area contributed by atoms with Crippen LogP contribution in [0.4, 0.5) is 0 Å². The summed E-state index contributed by atoms with van der Waals surface area (Å²) >= 11 is 0. The summed E-state index contributed by atoms with van der Waals surface area (Å²) in [6.45, 7) is 3.95. The topological polar surface area (TPSA) is 57.5 Å². The number of unbranched alkanes of at least 4 members (excludes halogenated alkanes) is 1. The zero-order chi connectivity index (χ0) is 11.0. The van der Waals surface area contributed by atoms with Gasteiger partial charge in [-0.25, -0.2) is 0 Å². The van der Waals surface area contributed by atoms with Crippen molar-refractivity contribution < 1.29 is 15.0 Å². The van der Waals surface area contributed by atoms with Crippen molar-refractivity contribution >= 4 is 5.97 Å². The molecule has 3 heteroatoms. The first-order valence-corrected chi connectivity index (χ1v) is 5.21. The third-order valence-corrected chi connectivity index (χ3v) is 2.12. The Balaban J connectivity index is 4.14. The molecule has 0 bridgehead atoms. The lowest BCUT2D eigenvalue weighted by molar-refractivity contribution is -0.144. The molecule has 0 heterocycles. The van der Waals surface area contributed by atoms with Crippen LogP contribution < -0.4 is 0 Å². The van der Waals surface area contributed by atoms with Crippen molar-refractivity contribution in [2.24, 2.45) is 5.92 Å². The van der Waals surface area contributed by atoms with Crippen molar-refractivity contribution in [3.63, 3.8) is 0 Å². The predicted molar refractivity (Wildman–Crippen MR) is 56.1 cm³/mol. The molecule has 0 amide bonds. The Bertz CT molecular complexity index is 187.